The second-order valence-electron chi connectivity index (χ2n) is 6.25. The van der Waals surface area contributed by atoms with Crippen LogP contribution in [0.3, 0.4) is 0 Å². The van der Waals surface area contributed by atoms with E-state index in [4.69, 9.17) is 0 Å². The van der Waals surface area contributed by atoms with E-state index in [0.717, 1.165) is 11.0 Å². The lowest BCUT2D eigenvalue weighted by atomic mass is 10.1. The maximum absolute atomic E-state index is 13.7. The lowest BCUT2D eigenvalue weighted by molar-refractivity contribution is -0.125. The van der Waals surface area contributed by atoms with E-state index >= 15 is 0 Å². The van der Waals surface area contributed by atoms with Crippen molar-refractivity contribution in [2.75, 3.05) is 12.0 Å². The number of amides is 4. The molecule has 0 saturated heterocycles. The number of benzene rings is 2. The van der Waals surface area contributed by atoms with E-state index in [2.05, 4.69) is 10.9 Å². The molecule has 1 heterocycles. The zero-order valence-electron chi connectivity index (χ0n) is 15.5. The molecule has 1 unspecified atom stereocenters. The van der Waals surface area contributed by atoms with Crippen LogP contribution in [0.15, 0.2) is 48.5 Å². The fourth-order valence-electron chi connectivity index (χ4n) is 3.01. The summed E-state index contributed by atoms with van der Waals surface area (Å²) in [6, 6.07) is 10.5. The Morgan fingerprint density at radius 3 is 2.17 bits per heavy atom. The first-order valence-corrected chi connectivity index (χ1v) is 10.2. The number of nitrogens with zero attached hydrogens (tertiary/aromatic N) is 1. The number of imide groups is 1. The minimum atomic E-state index is -1.12. The molecule has 3 rings (SSSR count). The Kier molecular flexibility index (Phi) is 6.28. The largest absolute Gasteiger partial charge is 0.272 e. The highest BCUT2D eigenvalue weighted by Gasteiger charge is 2.42. The first-order chi connectivity index (χ1) is 14.0. The predicted molar refractivity (Wildman–Crippen MR) is 106 cm³/mol. The highest BCUT2D eigenvalue weighted by atomic mass is 32.2. The van der Waals surface area contributed by atoms with E-state index < -0.39 is 35.5 Å². The summed E-state index contributed by atoms with van der Waals surface area (Å²) in [5, 5.41) is 0. The Morgan fingerprint density at radius 2 is 1.59 bits per heavy atom. The summed E-state index contributed by atoms with van der Waals surface area (Å²) in [5.74, 6) is -2.94. The Bertz CT molecular complexity index is 947. The number of hydrazine groups is 1. The van der Waals surface area contributed by atoms with Crippen LogP contribution in [0, 0.1) is 5.82 Å². The summed E-state index contributed by atoms with van der Waals surface area (Å²) in [7, 11) is 0. The van der Waals surface area contributed by atoms with Gasteiger partial charge in [-0.25, -0.2) is 4.39 Å². The Hall–Kier alpha value is -3.20. The first-order valence-electron chi connectivity index (χ1n) is 8.76. The van der Waals surface area contributed by atoms with Crippen LogP contribution in [-0.4, -0.2) is 46.6 Å². The van der Waals surface area contributed by atoms with Crippen LogP contribution in [-0.2, 0) is 4.79 Å². The number of carbonyl (C=O) groups excluding carboxylic acids is 4. The SMILES string of the molecule is CSCCC(C(=O)NNC(=O)c1ccccc1F)N1C(=O)c2ccccc2C1=O. The van der Waals surface area contributed by atoms with E-state index in [0.29, 0.717) is 5.75 Å². The summed E-state index contributed by atoms with van der Waals surface area (Å²) >= 11 is 1.45. The maximum atomic E-state index is 13.7. The van der Waals surface area contributed by atoms with E-state index in [9.17, 15) is 23.6 Å². The molecule has 0 fully saturated rings. The maximum Gasteiger partial charge on any atom is 0.272 e. The van der Waals surface area contributed by atoms with Crippen LogP contribution in [0.4, 0.5) is 4.39 Å². The van der Waals surface area contributed by atoms with E-state index in [1.165, 1.54) is 42.1 Å². The lowest BCUT2D eigenvalue weighted by Gasteiger charge is -2.25. The van der Waals surface area contributed by atoms with Crippen molar-refractivity contribution >= 4 is 35.4 Å². The van der Waals surface area contributed by atoms with Crippen LogP contribution in [0.25, 0.3) is 0 Å². The van der Waals surface area contributed by atoms with Crippen LogP contribution in [0.5, 0.6) is 0 Å². The fourth-order valence-corrected chi connectivity index (χ4v) is 3.47. The predicted octanol–water partition coefficient (Wildman–Crippen LogP) is 2.00. The van der Waals surface area contributed by atoms with Gasteiger partial charge in [0, 0.05) is 0 Å². The van der Waals surface area contributed by atoms with Gasteiger partial charge >= 0.3 is 0 Å². The van der Waals surface area contributed by atoms with Crippen LogP contribution in [0.2, 0.25) is 0 Å². The molecule has 1 aliphatic rings. The van der Waals surface area contributed by atoms with Gasteiger partial charge in [0.1, 0.15) is 11.9 Å². The molecule has 0 aliphatic carbocycles. The molecule has 9 heteroatoms. The van der Waals surface area contributed by atoms with Gasteiger partial charge in [0.15, 0.2) is 0 Å². The smallest absolute Gasteiger partial charge is 0.271 e. The van der Waals surface area contributed by atoms with E-state index in [-0.39, 0.29) is 23.1 Å². The molecule has 2 aromatic rings. The molecule has 0 aromatic heterocycles. The third-order valence-corrected chi connectivity index (χ3v) is 5.10. The summed E-state index contributed by atoms with van der Waals surface area (Å²) in [6.07, 6.45) is 2.03. The topological polar surface area (TPSA) is 95.6 Å². The fraction of sp³-hybridized carbons (Fsp3) is 0.200. The standard InChI is InChI=1S/C20H18FN3O4S/c1-29-11-10-16(24-19(27)12-6-2-3-7-13(12)20(24)28)18(26)23-22-17(25)14-8-4-5-9-15(14)21/h2-9,16H,10-11H2,1H3,(H,22,25)(H,23,26). The van der Waals surface area contributed by atoms with E-state index in [1.54, 1.807) is 12.1 Å². The Morgan fingerprint density at radius 1 is 1.00 bits per heavy atom. The third-order valence-electron chi connectivity index (χ3n) is 4.45. The molecule has 2 aromatic carbocycles. The van der Waals surface area contributed by atoms with Crippen molar-refractivity contribution in [1.29, 1.82) is 0 Å². The minimum absolute atomic E-state index is 0.202. The minimum Gasteiger partial charge on any atom is -0.271 e. The van der Waals surface area contributed by atoms with Crippen molar-refractivity contribution in [2.24, 2.45) is 0 Å². The number of thioether (sulfide) groups is 1. The molecule has 1 atom stereocenters. The number of nitrogens with one attached hydrogen (secondary N) is 2. The molecule has 0 saturated carbocycles. The molecular weight excluding hydrogens is 397 g/mol. The summed E-state index contributed by atoms with van der Waals surface area (Å²) in [5.41, 5.74) is 4.56. The molecule has 2 N–H and O–H groups in total. The molecule has 1 aliphatic heterocycles. The van der Waals surface area contributed by atoms with Crippen molar-refractivity contribution in [1.82, 2.24) is 15.8 Å². The first kappa shape index (κ1) is 20.5. The quantitative estimate of drug-likeness (QED) is 0.556. The van der Waals surface area contributed by atoms with Crippen LogP contribution < -0.4 is 10.9 Å². The number of carbonyl (C=O) groups is 4. The highest BCUT2D eigenvalue weighted by Crippen LogP contribution is 2.26. The average molecular weight is 415 g/mol. The van der Waals surface area contributed by atoms with Crippen LogP contribution >= 0.6 is 11.8 Å². The summed E-state index contributed by atoms with van der Waals surface area (Å²) in [4.78, 5) is 51.2. The van der Waals surface area contributed by atoms with Crippen molar-refractivity contribution in [3.8, 4) is 0 Å². The molecule has 29 heavy (non-hydrogen) atoms. The normalized spacial score (nSPS) is 13.8. The van der Waals surface area contributed by atoms with Crippen molar-refractivity contribution in [3.05, 3.63) is 71.0 Å². The number of hydrogen-bond donors (Lipinski definition) is 2. The number of fused-ring (bicyclic) bond motifs is 1. The molecule has 150 valence electrons. The van der Waals surface area contributed by atoms with Gasteiger partial charge in [0.05, 0.1) is 16.7 Å². The molecular formula is C20H18FN3O4S. The summed E-state index contributed by atoms with van der Waals surface area (Å²) < 4.78 is 13.7. The average Bonchev–Trinajstić information content (AvgIpc) is 2.98. The molecule has 0 bridgehead atoms. The molecule has 0 radical (unpaired) electrons. The van der Waals surface area contributed by atoms with Crippen molar-refractivity contribution in [2.45, 2.75) is 12.5 Å². The van der Waals surface area contributed by atoms with Gasteiger partial charge in [-0.05, 0) is 42.7 Å². The van der Waals surface area contributed by atoms with Gasteiger partial charge in [-0.3, -0.25) is 34.9 Å². The molecule has 0 spiro atoms. The second kappa shape index (κ2) is 8.87. The van der Waals surface area contributed by atoms with Crippen molar-refractivity contribution in [3.63, 3.8) is 0 Å². The summed E-state index contributed by atoms with van der Waals surface area (Å²) in [6.45, 7) is 0. The Labute approximate surface area is 170 Å². The highest BCUT2D eigenvalue weighted by molar-refractivity contribution is 7.98. The van der Waals surface area contributed by atoms with Crippen molar-refractivity contribution < 1.29 is 23.6 Å². The van der Waals surface area contributed by atoms with Gasteiger partial charge in [-0.15, -0.1) is 0 Å². The Balaban J connectivity index is 1.76. The third kappa shape index (κ3) is 4.14. The number of halogens is 1. The number of rotatable bonds is 6. The number of hydrogen-bond acceptors (Lipinski definition) is 5. The molecule has 4 amide bonds. The van der Waals surface area contributed by atoms with E-state index in [1.807, 2.05) is 6.26 Å². The van der Waals surface area contributed by atoms with Gasteiger partial charge in [-0.1, -0.05) is 24.3 Å². The van der Waals surface area contributed by atoms with Crippen LogP contribution in [0.1, 0.15) is 37.5 Å². The van der Waals surface area contributed by atoms with Gasteiger partial charge < -0.3 is 0 Å². The van der Waals surface area contributed by atoms with Gasteiger partial charge in [0.25, 0.3) is 23.6 Å². The zero-order valence-corrected chi connectivity index (χ0v) is 16.3. The zero-order chi connectivity index (χ0) is 21.0. The monoisotopic (exact) mass is 415 g/mol. The van der Waals surface area contributed by atoms with Gasteiger partial charge in [0.2, 0.25) is 0 Å². The molecule has 7 nitrogen and oxygen atoms in total. The lowest BCUT2D eigenvalue weighted by Crippen LogP contribution is -2.54. The second-order valence-corrected chi connectivity index (χ2v) is 7.23. The van der Waals surface area contributed by atoms with Gasteiger partial charge in [-0.2, -0.15) is 11.8 Å².